The smallest absolute Gasteiger partial charge is 0.314 e. The predicted octanol–water partition coefficient (Wildman–Crippen LogP) is 4.28. The quantitative estimate of drug-likeness (QED) is 0.712. The molecular weight excluding hydrogens is 227 g/mol. The van der Waals surface area contributed by atoms with Crippen molar-refractivity contribution in [2.45, 2.75) is 70.5 Å². The van der Waals surface area contributed by atoms with Crippen LogP contribution in [0.15, 0.2) is 0 Å². The zero-order valence-corrected chi connectivity index (χ0v) is 10.7. The first kappa shape index (κ1) is 14.8. The van der Waals surface area contributed by atoms with E-state index in [2.05, 4.69) is 5.32 Å². The lowest BCUT2D eigenvalue weighted by Crippen LogP contribution is -2.34. The van der Waals surface area contributed by atoms with Crippen molar-refractivity contribution in [2.24, 2.45) is 5.92 Å². The molecule has 4 heteroatoms. The summed E-state index contributed by atoms with van der Waals surface area (Å²) < 4.78 is 37.2. The Labute approximate surface area is 102 Å². The Hall–Kier alpha value is -0.250. The number of hydrogen-bond donors (Lipinski definition) is 1. The van der Waals surface area contributed by atoms with E-state index in [9.17, 15) is 13.2 Å². The molecule has 0 radical (unpaired) electrons. The monoisotopic (exact) mass is 251 g/mol. The third-order valence-electron chi connectivity index (χ3n) is 3.56. The third-order valence-corrected chi connectivity index (χ3v) is 3.56. The second-order valence-corrected chi connectivity index (χ2v) is 5.20. The average Bonchev–Trinajstić information content (AvgIpc) is 2.73. The number of nitrogens with one attached hydrogen (secondary N) is 1. The van der Waals surface area contributed by atoms with E-state index in [1.165, 1.54) is 25.7 Å². The molecule has 0 saturated heterocycles. The maximum atomic E-state index is 12.4. The van der Waals surface area contributed by atoms with Gasteiger partial charge in [0.15, 0.2) is 0 Å². The molecule has 0 aliphatic heterocycles. The van der Waals surface area contributed by atoms with E-state index in [1.54, 1.807) is 0 Å². The summed E-state index contributed by atoms with van der Waals surface area (Å²) in [4.78, 5) is 0. The van der Waals surface area contributed by atoms with Crippen LogP contribution in [0.1, 0.15) is 58.3 Å². The molecule has 1 rings (SSSR count). The first-order valence-corrected chi connectivity index (χ1v) is 6.81. The van der Waals surface area contributed by atoms with Crippen molar-refractivity contribution in [3.8, 4) is 0 Å². The summed E-state index contributed by atoms with van der Waals surface area (Å²) in [6.07, 6.45) is 2.74. The van der Waals surface area contributed by atoms with Crippen molar-refractivity contribution in [1.29, 1.82) is 0 Å². The summed E-state index contributed by atoms with van der Waals surface area (Å²) in [5.74, 6) is 0.675. The van der Waals surface area contributed by atoms with Gasteiger partial charge in [-0.25, -0.2) is 0 Å². The van der Waals surface area contributed by atoms with Crippen LogP contribution in [-0.2, 0) is 0 Å². The Kier molecular flexibility index (Phi) is 6.31. The Morgan fingerprint density at radius 1 is 1.24 bits per heavy atom. The fraction of sp³-hybridized carbons (Fsp3) is 1.00. The van der Waals surface area contributed by atoms with E-state index in [0.717, 1.165) is 12.8 Å². The second-order valence-electron chi connectivity index (χ2n) is 5.20. The third kappa shape index (κ3) is 6.92. The Bertz CT molecular complexity index is 197. The molecule has 1 aliphatic carbocycles. The van der Waals surface area contributed by atoms with E-state index in [-0.39, 0.29) is 6.04 Å². The van der Waals surface area contributed by atoms with Gasteiger partial charge < -0.3 is 5.32 Å². The molecule has 0 spiro atoms. The minimum Gasteiger partial charge on any atom is -0.314 e. The highest BCUT2D eigenvalue weighted by Gasteiger charge is 2.31. The number of halogens is 3. The van der Waals surface area contributed by atoms with Gasteiger partial charge in [-0.05, 0) is 31.7 Å². The van der Waals surface area contributed by atoms with Crippen LogP contribution in [0.2, 0.25) is 0 Å². The van der Waals surface area contributed by atoms with Crippen LogP contribution in [0.25, 0.3) is 0 Å². The molecule has 0 bridgehead atoms. The van der Waals surface area contributed by atoms with Gasteiger partial charge in [0.25, 0.3) is 0 Å². The fourth-order valence-corrected chi connectivity index (χ4v) is 2.64. The van der Waals surface area contributed by atoms with Crippen LogP contribution in [0.5, 0.6) is 0 Å². The molecule has 1 nitrogen and oxygen atoms in total. The van der Waals surface area contributed by atoms with Crippen LogP contribution in [0.3, 0.4) is 0 Å². The van der Waals surface area contributed by atoms with Gasteiger partial charge in [-0.3, -0.25) is 0 Å². The van der Waals surface area contributed by atoms with Crippen molar-refractivity contribution < 1.29 is 13.2 Å². The maximum absolute atomic E-state index is 12.4. The van der Waals surface area contributed by atoms with Gasteiger partial charge in [-0.2, -0.15) is 13.2 Å². The SMILES string of the molecule is CCCNC(CCC1CCCC1)CC(F)(F)F. The summed E-state index contributed by atoms with van der Waals surface area (Å²) in [7, 11) is 0. The van der Waals surface area contributed by atoms with Gasteiger partial charge >= 0.3 is 6.18 Å². The van der Waals surface area contributed by atoms with Crippen molar-refractivity contribution in [2.75, 3.05) is 6.54 Å². The van der Waals surface area contributed by atoms with Crippen LogP contribution in [0.4, 0.5) is 13.2 Å². The number of hydrogen-bond acceptors (Lipinski definition) is 1. The Balaban J connectivity index is 2.28. The highest BCUT2D eigenvalue weighted by atomic mass is 19.4. The van der Waals surface area contributed by atoms with E-state index in [1.807, 2.05) is 6.92 Å². The van der Waals surface area contributed by atoms with Crippen molar-refractivity contribution in [3.05, 3.63) is 0 Å². The van der Waals surface area contributed by atoms with Gasteiger partial charge in [0, 0.05) is 6.04 Å². The summed E-state index contributed by atoms with van der Waals surface area (Å²) in [6, 6.07) is -0.379. The molecule has 0 aromatic carbocycles. The molecule has 1 N–H and O–H groups in total. The molecule has 17 heavy (non-hydrogen) atoms. The Morgan fingerprint density at radius 3 is 2.41 bits per heavy atom. The average molecular weight is 251 g/mol. The van der Waals surface area contributed by atoms with Gasteiger partial charge in [-0.15, -0.1) is 0 Å². The lowest BCUT2D eigenvalue weighted by Gasteiger charge is -2.21. The molecule has 0 amide bonds. The molecule has 0 aromatic rings. The fourth-order valence-electron chi connectivity index (χ4n) is 2.64. The zero-order chi connectivity index (χ0) is 12.7. The zero-order valence-electron chi connectivity index (χ0n) is 10.7. The van der Waals surface area contributed by atoms with Crippen molar-refractivity contribution >= 4 is 0 Å². The van der Waals surface area contributed by atoms with Gasteiger partial charge in [0.1, 0.15) is 0 Å². The highest BCUT2D eigenvalue weighted by Crippen LogP contribution is 2.30. The molecule has 1 atom stereocenters. The molecule has 1 aliphatic rings. The van der Waals surface area contributed by atoms with Crippen molar-refractivity contribution in [1.82, 2.24) is 5.32 Å². The van der Waals surface area contributed by atoms with Crippen LogP contribution in [0, 0.1) is 5.92 Å². The van der Waals surface area contributed by atoms with E-state index in [4.69, 9.17) is 0 Å². The first-order chi connectivity index (χ1) is 8.01. The topological polar surface area (TPSA) is 12.0 Å². The lowest BCUT2D eigenvalue weighted by molar-refractivity contribution is -0.140. The molecule has 0 heterocycles. The number of rotatable bonds is 7. The minimum atomic E-state index is -4.04. The highest BCUT2D eigenvalue weighted by molar-refractivity contribution is 4.75. The minimum absolute atomic E-state index is 0.379. The molecule has 1 saturated carbocycles. The normalized spacial score (nSPS) is 19.8. The lowest BCUT2D eigenvalue weighted by atomic mass is 9.97. The molecule has 102 valence electrons. The van der Waals surface area contributed by atoms with Gasteiger partial charge in [-0.1, -0.05) is 32.6 Å². The summed E-state index contributed by atoms with van der Waals surface area (Å²) in [6.45, 7) is 2.67. The summed E-state index contributed by atoms with van der Waals surface area (Å²) >= 11 is 0. The van der Waals surface area contributed by atoms with Crippen LogP contribution < -0.4 is 5.32 Å². The summed E-state index contributed by atoms with van der Waals surface area (Å²) in [5.41, 5.74) is 0. The van der Waals surface area contributed by atoms with Crippen molar-refractivity contribution in [3.63, 3.8) is 0 Å². The molecule has 1 unspecified atom stereocenters. The first-order valence-electron chi connectivity index (χ1n) is 6.81. The number of alkyl halides is 3. The van der Waals surface area contributed by atoms with Crippen LogP contribution in [-0.4, -0.2) is 18.8 Å². The van der Waals surface area contributed by atoms with E-state index < -0.39 is 12.6 Å². The second kappa shape index (κ2) is 7.24. The molecule has 1 fully saturated rings. The van der Waals surface area contributed by atoms with Gasteiger partial charge in [0.05, 0.1) is 6.42 Å². The Morgan fingerprint density at radius 2 is 1.88 bits per heavy atom. The maximum Gasteiger partial charge on any atom is 0.390 e. The predicted molar refractivity (Wildman–Crippen MR) is 63.9 cm³/mol. The van der Waals surface area contributed by atoms with Gasteiger partial charge in [0.2, 0.25) is 0 Å². The van der Waals surface area contributed by atoms with E-state index in [0.29, 0.717) is 18.9 Å². The largest absolute Gasteiger partial charge is 0.390 e. The van der Waals surface area contributed by atoms with E-state index >= 15 is 0 Å². The molecular formula is C13H24F3N. The molecule has 0 aromatic heterocycles. The summed E-state index contributed by atoms with van der Waals surface area (Å²) in [5, 5.41) is 3.03. The van der Waals surface area contributed by atoms with Crippen LogP contribution >= 0.6 is 0 Å². The standard InChI is InChI=1S/C13H24F3N/c1-2-9-17-12(10-13(14,15)16)8-7-11-5-3-4-6-11/h11-12,17H,2-10H2,1H3.